The van der Waals surface area contributed by atoms with Crippen molar-refractivity contribution in [3.63, 3.8) is 0 Å². The number of rotatable bonds is 4. The zero-order valence-electron chi connectivity index (χ0n) is 13.0. The van der Waals surface area contributed by atoms with Gasteiger partial charge in [0, 0.05) is 6.20 Å². The zero-order chi connectivity index (χ0) is 18.5. The number of ketones is 1. The minimum absolute atomic E-state index is 0.00296. The number of carbonyl (C=O) groups is 2. The topological polar surface area (TPSA) is 126 Å². The van der Waals surface area contributed by atoms with Gasteiger partial charge in [-0.1, -0.05) is 0 Å². The second-order valence-corrected chi connectivity index (χ2v) is 5.77. The number of aromatic nitrogens is 1. The summed E-state index contributed by atoms with van der Waals surface area (Å²) in [4.78, 5) is 35.8. The molecule has 2 atom stereocenters. The molecule has 1 unspecified atom stereocenters. The van der Waals surface area contributed by atoms with Gasteiger partial charge in [0.1, 0.15) is 29.7 Å². The number of aromatic carboxylic acids is 1. The molecule has 0 fully saturated rings. The Kier molecular flexibility index (Phi) is 4.05. The number of carbonyl (C=O) groups excluding carboxylic acids is 1. The molecule has 0 amide bonds. The van der Waals surface area contributed by atoms with E-state index in [0.717, 1.165) is 12.3 Å². The summed E-state index contributed by atoms with van der Waals surface area (Å²) in [5.41, 5.74) is -1.94. The fourth-order valence-electron chi connectivity index (χ4n) is 2.86. The monoisotopic (exact) mass is 351 g/mol. The molecule has 132 valence electrons. The molecule has 3 rings (SSSR count). The second kappa shape index (κ2) is 5.94. The SMILES string of the molecule is C[C@H]1COc2c(C(=O)C(O)CO)c(F)cc3c(=O)c(C(=O)O)cn1c23. The Morgan fingerprint density at radius 1 is 1.48 bits per heavy atom. The lowest BCUT2D eigenvalue weighted by Crippen LogP contribution is -2.30. The maximum Gasteiger partial charge on any atom is 0.341 e. The van der Waals surface area contributed by atoms with Gasteiger partial charge in [-0.3, -0.25) is 9.59 Å². The molecular formula is C16H14FNO7. The normalized spacial score (nSPS) is 17.2. The van der Waals surface area contributed by atoms with Gasteiger partial charge in [-0.2, -0.15) is 0 Å². The first kappa shape index (κ1) is 17.1. The van der Waals surface area contributed by atoms with Crippen LogP contribution < -0.4 is 10.2 Å². The highest BCUT2D eigenvalue weighted by atomic mass is 19.1. The quantitative estimate of drug-likeness (QED) is 0.678. The van der Waals surface area contributed by atoms with Gasteiger partial charge in [-0.15, -0.1) is 0 Å². The van der Waals surface area contributed by atoms with Crippen LogP contribution in [-0.2, 0) is 0 Å². The van der Waals surface area contributed by atoms with E-state index in [2.05, 4.69) is 0 Å². The van der Waals surface area contributed by atoms with Crippen molar-refractivity contribution in [1.29, 1.82) is 0 Å². The molecule has 0 radical (unpaired) electrons. The molecule has 1 aromatic heterocycles. The lowest BCUT2D eigenvalue weighted by Gasteiger charge is -2.28. The summed E-state index contributed by atoms with van der Waals surface area (Å²) in [5, 5.41) is 27.4. The first-order chi connectivity index (χ1) is 11.8. The Morgan fingerprint density at radius 2 is 2.16 bits per heavy atom. The van der Waals surface area contributed by atoms with Crippen molar-refractivity contribution in [2.24, 2.45) is 0 Å². The van der Waals surface area contributed by atoms with E-state index in [0.29, 0.717) is 0 Å². The third-order valence-corrected chi connectivity index (χ3v) is 4.12. The zero-order valence-corrected chi connectivity index (χ0v) is 13.0. The molecule has 8 nitrogen and oxygen atoms in total. The van der Waals surface area contributed by atoms with Crippen LogP contribution in [0.15, 0.2) is 17.1 Å². The van der Waals surface area contributed by atoms with E-state index >= 15 is 0 Å². The lowest BCUT2D eigenvalue weighted by atomic mass is 9.99. The Bertz CT molecular complexity index is 965. The average Bonchev–Trinajstić information content (AvgIpc) is 2.57. The number of hydrogen-bond acceptors (Lipinski definition) is 6. The molecule has 0 saturated heterocycles. The Balaban J connectivity index is 2.45. The number of Topliss-reactive ketones (excluding diaryl/α,β-unsaturated/α-hetero) is 1. The van der Waals surface area contributed by atoms with Gasteiger partial charge in [-0.25, -0.2) is 9.18 Å². The summed E-state index contributed by atoms with van der Waals surface area (Å²) < 4.78 is 21.4. The number of nitrogens with zero attached hydrogens (tertiary/aromatic N) is 1. The lowest BCUT2D eigenvalue weighted by molar-refractivity contribution is 0.0578. The fraction of sp³-hybridized carbons (Fsp3) is 0.312. The molecule has 1 aromatic carbocycles. The van der Waals surface area contributed by atoms with E-state index in [-0.39, 0.29) is 29.3 Å². The molecule has 1 aliphatic heterocycles. The molecule has 2 heterocycles. The number of aliphatic hydroxyl groups is 2. The van der Waals surface area contributed by atoms with E-state index in [1.54, 1.807) is 6.92 Å². The summed E-state index contributed by atoms with van der Waals surface area (Å²) in [7, 11) is 0. The van der Waals surface area contributed by atoms with Gasteiger partial charge in [0.25, 0.3) is 0 Å². The number of carboxylic acids is 1. The third-order valence-electron chi connectivity index (χ3n) is 4.12. The number of hydrogen-bond donors (Lipinski definition) is 3. The number of aliphatic hydroxyl groups excluding tert-OH is 2. The Hall–Kier alpha value is -2.78. The van der Waals surface area contributed by atoms with Crippen molar-refractivity contribution >= 4 is 22.7 Å². The second-order valence-electron chi connectivity index (χ2n) is 5.77. The Labute approximate surface area is 139 Å². The van der Waals surface area contributed by atoms with Crippen molar-refractivity contribution in [1.82, 2.24) is 4.57 Å². The molecule has 1 aliphatic rings. The van der Waals surface area contributed by atoms with Crippen molar-refractivity contribution in [2.75, 3.05) is 13.2 Å². The average molecular weight is 351 g/mol. The van der Waals surface area contributed by atoms with Gasteiger partial charge in [-0.05, 0) is 13.0 Å². The van der Waals surface area contributed by atoms with E-state index in [1.165, 1.54) is 4.57 Å². The van der Waals surface area contributed by atoms with E-state index < -0.39 is 46.8 Å². The fourth-order valence-corrected chi connectivity index (χ4v) is 2.86. The van der Waals surface area contributed by atoms with Crippen LogP contribution in [-0.4, -0.2) is 51.0 Å². The van der Waals surface area contributed by atoms with E-state index in [4.69, 9.17) is 9.84 Å². The smallest absolute Gasteiger partial charge is 0.341 e. The largest absolute Gasteiger partial charge is 0.488 e. The predicted molar refractivity (Wildman–Crippen MR) is 82.8 cm³/mol. The molecule has 0 saturated carbocycles. The summed E-state index contributed by atoms with van der Waals surface area (Å²) in [6.45, 7) is 0.797. The molecular weight excluding hydrogens is 337 g/mol. The summed E-state index contributed by atoms with van der Waals surface area (Å²) in [5.74, 6) is -3.93. The van der Waals surface area contributed by atoms with E-state index in [1.807, 2.05) is 0 Å². The number of ether oxygens (including phenoxy) is 1. The van der Waals surface area contributed by atoms with Gasteiger partial charge in [0.15, 0.2) is 11.5 Å². The molecule has 9 heteroatoms. The van der Waals surface area contributed by atoms with Crippen LogP contribution in [0.1, 0.15) is 33.7 Å². The minimum Gasteiger partial charge on any atom is -0.488 e. The number of carboxylic acid groups (broad SMARTS) is 1. The highest BCUT2D eigenvalue weighted by Crippen LogP contribution is 2.37. The van der Waals surface area contributed by atoms with Gasteiger partial charge in [0.2, 0.25) is 5.43 Å². The van der Waals surface area contributed by atoms with Crippen LogP contribution in [0.3, 0.4) is 0 Å². The summed E-state index contributed by atoms with van der Waals surface area (Å²) >= 11 is 0. The van der Waals surface area contributed by atoms with Crippen LogP contribution in [0.4, 0.5) is 4.39 Å². The third kappa shape index (κ3) is 2.48. The van der Waals surface area contributed by atoms with Crippen molar-refractivity contribution < 1.29 is 34.0 Å². The van der Waals surface area contributed by atoms with Crippen LogP contribution in [0.5, 0.6) is 5.75 Å². The maximum absolute atomic E-state index is 14.5. The van der Waals surface area contributed by atoms with Gasteiger partial charge < -0.3 is 24.6 Å². The van der Waals surface area contributed by atoms with Crippen LogP contribution in [0.25, 0.3) is 10.9 Å². The van der Waals surface area contributed by atoms with Crippen LogP contribution >= 0.6 is 0 Å². The van der Waals surface area contributed by atoms with Gasteiger partial charge >= 0.3 is 5.97 Å². The molecule has 25 heavy (non-hydrogen) atoms. The maximum atomic E-state index is 14.5. The van der Waals surface area contributed by atoms with Crippen molar-refractivity contribution in [3.8, 4) is 5.75 Å². The van der Waals surface area contributed by atoms with Crippen molar-refractivity contribution in [2.45, 2.75) is 19.1 Å². The molecule has 0 spiro atoms. The summed E-state index contributed by atoms with van der Waals surface area (Å²) in [6, 6.07) is 0.382. The first-order valence-electron chi connectivity index (χ1n) is 7.38. The molecule has 0 bridgehead atoms. The highest BCUT2D eigenvalue weighted by Gasteiger charge is 2.32. The number of benzene rings is 1. The highest BCUT2D eigenvalue weighted by molar-refractivity contribution is 6.07. The number of halogens is 1. The number of pyridine rings is 1. The van der Waals surface area contributed by atoms with Crippen molar-refractivity contribution in [3.05, 3.63) is 39.4 Å². The van der Waals surface area contributed by atoms with E-state index in [9.17, 15) is 29.0 Å². The predicted octanol–water partition coefficient (Wildman–Crippen LogP) is 0.328. The van der Waals surface area contributed by atoms with Gasteiger partial charge in [0.05, 0.1) is 23.6 Å². The standard InChI is InChI=1S/C16H14FNO7/c1-6-5-25-15-11(14(22)10(20)4-19)9(17)2-7-12(15)18(6)3-8(13(7)21)16(23)24/h2-3,6,10,19-20H,4-5H2,1H3,(H,23,24)/t6-,10?/m0/s1. The first-order valence-corrected chi connectivity index (χ1v) is 7.38. The molecule has 0 aliphatic carbocycles. The minimum atomic E-state index is -1.84. The Morgan fingerprint density at radius 3 is 2.76 bits per heavy atom. The van der Waals surface area contributed by atoms with Crippen LogP contribution in [0, 0.1) is 5.82 Å². The molecule has 2 aromatic rings. The van der Waals surface area contributed by atoms with Crippen LogP contribution in [0.2, 0.25) is 0 Å². The molecule has 3 N–H and O–H groups in total. The summed E-state index contributed by atoms with van der Waals surface area (Å²) in [6.07, 6.45) is -0.720.